The summed E-state index contributed by atoms with van der Waals surface area (Å²) in [5, 5.41) is 0.800. The van der Waals surface area contributed by atoms with Gasteiger partial charge in [0.05, 0.1) is 4.90 Å². The van der Waals surface area contributed by atoms with Crippen LogP contribution in [0.1, 0.15) is 11.1 Å². The zero-order valence-electron chi connectivity index (χ0n) is 17.9. The van der Waals surface area contributed by atoms with Gasteiger partial charge in [-0.05, 0) is 43.7 Å². The van der Waals surface area contributed by atoms with Crippen molar-refractivity contribution in [2.75, 3.05) is 32.8 Å². The zero-order chi connectivity index (χ0) is 22.9. The Hall–Kier alpha value is -3.17. The molecule has 0 aliphatic carbocycles. The molecule has 0 bridgehead atoms. The molecule has 1 fully saturated rings. The highest BCUT2D eigenvalue weighted by Gasteiger charge is 2.30. The van der Waals surface area contributed by atoms with E-state index in [1.54, 1.807) is 47.4 Å². The minimum absolute atomic E-state index is 0.188. The minimum Gasteiger partial charge on any atom is -0.484 e. The largest absolute Gasteiger partial charge is 0.484 e. The Bertz CT molecular complexity index is 1310. The van der Waals surface area contributed by atoms with E-state index in [-0.39, 0.29) is 30.5 Å². The van der Waals surface area contributed by atoms with Gasteiger partial charge in [0.25, 0.3) is 5.91 Å². The van der Waals surface area contributed by atoms with E-state index < -0.39 is 15.6 Å². The van der Waals surface area contributed by atoms with Gasteiger partial charge in [0, 0.05) is 43.7 Å². The normalized spacial score (nSPS) is 15.1. The average molecular weight is 457 g/mol. The van der Waals surface area contributed by atoms with Crippen molar-refractivity contribution in [1.29, 1.82) is 0 Å². The molecule has 1 saturated heterocycles. The van der Waals surface area contributed by atoms with Crippen molar-refractivity contribution in [1.82, 2.24) is 9.21 Å². The molecule has 8 nitrogen and oxygen atoms in total. The third-order valence-corrected chi connectivity index (χ3v) is 7.45. The topological polar surface area (TPSA) is 97.1 Å². The standard InChI is InChI=1S/C23H24N2O6S/c1-16-3-6-19(7-4-16)32(28,29)25-11-9-24(10-12-25)22(26)15-30-18-5-8-20-17(2)13-23(27)31-21(20)14-18/h3-8,13-14H,9-12,15H2,1-2H3. The minimum atomic E-state index is -3.58. The summed E-state index contributed by atoms with van der Waals surface area (Å²) >= 11 is 0. The number of ether oxygens (including phenoxy) is 1. The molecule has 1 amide bonds. The number of amides is 1. The van der Waals surface area contributed by atoms with Gasteiger partial charge in [-0.3, -0.25) is 4.79 Å². The van der Waals surface area contributed by atoms with Crippen molar-refractivity contribution in [2.45, 2.75) is 18.7 Å². The van der Waals surface area contributed by atoms with E-state index in [4.69, 9.17) is 9.15 Å². The SMILES string of the molecule is Cc1ccc(S(=O)(=O)N2CCN(C(=O)COc3ccc4c(C)cc(=O)oc4c3)CC2)cc1. The number of benzene rings is 2. The highest BCUT2D eigenvalue weighted by molar-refractivity contribution is 7.89. The average Bonchev–Trinajstić information content (AvgIpc) is 2.77. The molecule has 1 aliphatic heterocycles. The first-order chi connectivity index (χ1) is 15.2. The second-order valence-corrected chi connectivity index (χ2v) is 9.73. The second kappa shape index (κ2) is 8.76. The Balaban J connectivity index is 1.35. The van der Waals surface area contributed by atoms with E-state index >= 15 is 0 Å². The molecule has 3 aromatic rings. The van der Waals surface area contributed by atoms with Crippen LogP contribution in [0.25, 0.3) is 11.0 Å². The summed E-state index contributed by atoms with van der Waals surface area (Å²) in [6.45, 7) is 4.56. The van der Waals surface area contributed by atoms with Crippen LogP contribution in [-0.4, -0.2) is 56.3 Å². The quantitative estimate of drug-likeness (QED) is 0.547. The summed E-state index contributed by atoms with van der Waals surface area (Å²) in [5.41, 5.74) is 1.75. The first kappa shape index (κ1) is 22.0. The predicted octanol–water partition coefficient (Wildman–Crippen LogP) is 2.32. The number of hydrogen-bond donors (Lipinski definition) is 0. The van der Waals surface area contributed by atoms with Gasteiger partial charge >= 0.3 is 5.63 Å². The lowest BCUT2D eigenvalue weighted by Crippen LogP contribution is -2.51. The smallest absolute Gasteiger partial charge is 0.336 e. The van der Waals surface area contributed by atoms with Crippen LogP contribution in [0.15, 0.2) is 62.6 Å². The van der Waals surface area contributed by atoms with Gasteiger partial charge in [-0.2, -0.15) is 4.31 Å². The van der Waals surface area contributed by atoms with E-state index in [0.717, 1.165) is 16.5 Å². The molecule has 32 heavy (non-hydrogen) atoms. The fraction of sp³-hybridized carbons (Fsp3) is 0.304. The Morgan fingerprint density at radius 2 is 1.69 bits per heavy atom. The van der Waals surface area contributed by atoms with Gasteiger partial charge in [0.1, 0.15) is 11.3 Å². The molecular formula is C23H24N2O6S. The third-order valence-electron chi connectivity index (χ3n) is 5.54. The summed E-state index contributed by atoms with van der Waals surface area (Å²) in [7, 11) is -3.58. The number of carbonyl (C=O) groups excluding carboxylic acids is 1. The van der Waals surface area contributed by atoms with E-state index in [1.165, 1.54) is 10.4 Å². The van der Waals surface area contributed by atoms with Gasteiger partial charge in [-0.1, -0.05) is 17.7 Å². The highest BCUT2D eigenvalue weighted by atomic mass is 32.2. The molecule has 4 rings (SSSR count). The van der Waals surface area contributed by atoms with E-state index in [0.29, 0.717) is 24.4 Å². The molecule has 168 valence electrons. The Labute approximate surface area is 186 Å². The molecule has 9 heteroatoms. The van der Waals surface area contributed by atoms with Crippen molar-refractivity contribution in [3.05, 3.63) is 70.1 Å². The van der Waals surface area contributed by atoms with Crippen molar-refractivity contribution < 1.29 is 22.4 Å². The number of piperazine rings is 1. The van der Waals surface area contributed by atoms with Gasteiger partial charge in [-0.25, -0.2) is 13.2 Å². The molecule has 2 aromatic carbocycles. The van der Waals surface area contributed by atoms with E-state index in [9.17, 15) is 18.0 Å². The number of nitrogens with zero attached hydrogens (tertiary/aromatic N) is 2. The van der Waals surface area contributed by atoms with Crippen LogP contribution in [0.2, 0.25) is 0 Å². The van der Waals surface area contributed by atoms with Crippen LogP contribution in [0.4, 0.5) is 0 Å². The number of carbonyl (C=O) groups is 1. The Kier molecular flexibility index (Phi) is 6.03. The van der Waals surface area contributed by atoms with Crippen molar-refractivity contribution >= 4 is 26.9 Å². The summed E-state index contributed by atoms with van der Waals surface area (Å²) < 4.78 is 37.8. The molecule has 0 N–H and O–H groups in total. The summed E-state index contributed by atoms with van der Waals surface area (Å²) in [6, 6.07) is 13.2. The fourth-order valence-electron chi connectivity index (χ4n) is 3.67. The predicted molar refractivity (Wildman–Crippen MR) is 119 cm³/mol. The van der Waals surface area contributed by atoms with Crippen LogP contribution in [0.5, 0.6) is 5.75 Å². The van der Waals surface area contributed by atoms with E-state index in [2.05, 4.69) is 0 Å². The molecule has 1 aromatic heterocycles. The van der Waals surface area contributed by atoms with Crippen LogP contribution in [-0.2, 0) is 14.8 Å². The van der Waals surface area contributed by atoms with Crippen LogP contribution in [0, 0.1) is 13.8 Å². The maximum Gasteiger partial charge on any atom is 0.336 e. The van der Waals surface area contributed by atoms with Gasteiger partial charge in [0.15, 0.2) is 6.61 Å². The number of rotatable bonds is 5. The first-order valence-corrected chi connectivity index (χ1v) is 11.7. The second-order valence-electron chi connectivity index (χ2n) is 7.79. The summed E-state index contributed by atoms with van der Waals surface area (Å²) in [5.74, 6) is 0.184. The van der Waals surface area contributed by atoms with Crippen molar-refractivity contribution in [3.63, 3.8) is 0 Å². The molecule has 0 radical (unpaired) electrons. The molecule has 0 atom stereocenters. The molecular weight excluding hydrogens is 432 g/mol. The third kappa shape index (κ3) is 4.53. The summed E-state index contributed by atoms with van der Waals surface area (Å²) in [6.07, 6.45) is 0. The molecule has 1 aliphatic rings. The van der Waals surface area contributed by atoms with Crippen LogP contribution >= 0.6 is 0 Å². The fourth-order valence-corrected chi connectivity index (χ4v) is 5.09. The first-order valence-electron chi connectivity index (χ1n) is 10.3. The van der Waals surface area contributed by atoms with Crippen molar-refractivity contribution in [2.24, 2.45) is 0 Å². The number of sulfonamides is 1. The number of fused-ring (bicyclic) bond motifs is 1. The number of aryl methyl sites for hydroxylation is 2. The lowest BCUT2D eigenvalue weighted by atomic mass is 10.1. The summed E-state index contributed by atoms with van der Waals surface area (Å²) in [4.78, 5) is 26.0. The van der Waals surface area contributed by atoms with Gasteiger partial charge in [0.2, 0.25) is 10.0 Å². The number of hydrogen-bond acceptors (Lipinski definition) is 6. The Morgan fingerprint density at radius 3 is 2.38 bits per heavy atom. The molecule has 0 unspecified atom stereocenters. The highest BCUT2D eigenvalue weighted by Crippen LogP contribution is 2.22. The zero-order valence-corrected chi connectivity index (χ0v) is 18.7. The van der Waals surface area contributed by atoms with Crippen LogP contribution in [0.3, 0.4) is 0 Å². The molecule has 0 saturated carbocycles. The lowest BCUT2D eigenvalue weighted by Gasteiger charge is -2.34. The van der Waals surface area contributed by atoms with Crippen molar-refractivity contribution in [3.8, 4) is 5.75 Å². The van der Waals surface area contributed by atoms with Gasteiger partial charge in [-0.15, -0.1) is 0 Å². The molecule has 2 heterocycles. The monoisotopic (exact) mass is 456 g/mol. The van der Waals surface area contributed by atoms with E-state index in [1.807, 2.05) is 13.8 Å². The maximum atomic E-state index is 12.8. The maximum absolute atomic E-state index is 12.8. The van der Waals surface area contributed by atoms with Crippen LogP contribution < -0.4 is 10.4 Å². The van der Waals surface area contributed by atoms with Gasteiger partial charge < -0.3 is 14.1 Å². The molecule has 0 spiro atoms. The Morgan fingerprint density at radius 1 is 1.00 bits per heavy atom. The lowest BCUT2D eigenvalue weighted by molar-refractivity contribution is -0.134.